The van der Waals surface area contributed by atoms with Gasteiger partial charge in [0.15, 0.2) is 0 Å². The molecule has 4 aromatic rings. The molecule has 1 amide bonds. The van der Waals surface area contributed by atoms with Gasteiger partial charge in [-0.25, -0.2) is 4.79 Å². The Morgan fingerprint density at radius 2 is 1.72 bits per heavy atom. The Balaban J connectivity index is 1.57. The van der Waals surface area contributed by atoms with Gasteiger partial charge in [0.2, 0.25) is 5.91 Å². The third-order valence-electron chi connectivity index (χ3n) is 6.11. The zero-order chi connectivity index (χ0) is 23.0. The van der Waals surface area contributed by atoms with Crippen LogP contribution in [-0.2, 0) is 17.6 Å². The summed E-state index contributed by atoms with van der Waals surface area (Å²) in [6, 6.07) is 9.58. The van der Waals surface area contributed by atoms with Crippen LogP contribution in [0.25, 0.3) is 21.9 Å². The molecule has 2 aromatic heterocycles. The molecule has 0 fully saturated rings. The number of methoxy groups -OCH3 is 1. The van der Waals surface area contributed by atoms with Gasteiger partial charge in [0.25, 0.3) is 0 Å². The Kier molecular flexibility index (Phi) is 5.78. The first kappa shape index (κ1) is 21.7. The summed E-state index contributed by atoms with van der Waals surface area (Å²) in [5.74, 6) is 1.41. The van der Waals surface area contributed by atoms with E-state index in [9.17, 15) is 9.59 Å². The second kappa shape index (κ2) is 8.54. The molecule has 2 aromatic carbocycles. The van der Waals surface area contributed by atoms with Gasteiger partial charge in [0.1, 0.15) is 22.7 Å². The van der Waals surface area contributed by atoms with Crippen LogP contribution in [-0.4, -0.2) is 19.6 Å². The Morgan fingerprint density at radius 3 is 2.41 bits per heavy atom. The molecule has 0 spiro atoms. The number of benzene rings is 2. The maximum Gasteiger partial charge on any atom is 0.340 e. The van der Waals surface area contributed by atoms with E-state index in [1.165, 1.54) is 0 Å². The van der Waals surface area contributed by atoms with Crippen LogP contribution >= 0.6 is 0 Å². The van der Waals surface area contributed by atoms with Crippen molar-refractivity contribution in [1.82, 2.24) is 5.32 Å². The van der Waals surface area contributed by atoms with Gasteiger partial charge in [0.05, 0.1) is 24.5 Å². The lowest BCUT2D eigenvalue weighted by Gasteiger charge is -2.10. The summed E-state index contributed by atoms with van der Waals surface area (Å²) < 4.78 is 16.8. The number of carbonyl (C=O) groups excluding carboxylic acids is 1. The van der Waals surface area contributed by atoms with Crippen LogP contribution in [0.15, 0.2) is 44.0 Å². The van der Waals surface area contributed by atoms with Crippen LogP contribution in [0.1, 0.15) is 33.6 Å². The minimum Gasteiger partial charge on any atom is -0.497 e. The minimum absolute atomic E-state index is 0.0409. The first-order valence-corrected chi connectivity index (χ1v) is 10.7. The molecule has 4 rings (SSSR count). The molecule has 0 bridgehead atoms. The number of nitrogens with one attached hydrogen (secondary N) is 1. The third-order valence-corrected chi connectivity index (χ3v) is 6.11. The summed E-state index contributed by atoms with van der Waals surface area (Å²) in [4.78, 5) is 25.3. The lowest BCUT2D eigenvalue weighted by molar-refractivity contribution is -0.120. The van der Waals surface area contributed by atoms with Gasteiger partial charge in [-0.1, -0.05) is 12.1 Å². The quantitative estimate of drug-likeness (QED) is 0.447. The van der Waals surface area contributed by atoms with Crippen molar-refractivity contribution in [3.8, 4) is 5.75 Å². The highest BCUT2D eigenvalue weighted by Crippen LogP contribution is 2.36. The van der Waals surface area contributed by atoms with Crippen molar-refractivity contribution in [3.05, 3.63) is 74.3 Å². The average molecular weight is 434 g/mol. The predicted molar refractivity (Wildman–Crippen MR) is 125 cm³/mol. The number of hydrogen-bond donors (Lipinski definition) is 1. The van der Waals surface area contributed by atoms with Gasteiger partial charge in [-0.05, 0) is 74.6 Å². The maximum absolute atomic E-state index is 12.7. The van der Waals surface area contributed by atoms with Gasteiger partial charge < -0.3 is 18.9 Å². The SMILES string of the molecule is COc1ccc(CCNC(=O)Cc2c(C)c3c(cc(C)c4c(C)c(C)oc43)oc2=O)cc1. The first-order chi connectivity index (χ1) is 15.3. The van der Waals surface area contributed by atoms with E-state index in [-0.39, 0.29) is 12.3 Å². The minimum atomic E-state index is -0.487. The molecule has 2 heterocycles. The van der Waals surface area contributed by atoms with Crippen LogP contribution in [0.2, 0.25) is 0 Å². The molecule has 0 unspecified atom stereocenters. The normalized spacial score (nSPS) is 11.3. The Labute approximate surface area is 186 Å². The van der Waals surface area contributed by atoms with Crippen molar-refractivity contribution in [3.63, 3.8) is 0 Å². The Hall–Kier alpha value is -3.54. The predicted octanol–water partition coefficient (Wildman–Crippen LogP) is 4.68. The van der Waals surface area contributed by atoms with E-state index in [0.717, 1.165) is 44.5 Å². The summed E-state index contributed by atoms with van der Waals surface area (Å²) in [5, 5.41) is 4.68. The second-order valence-corrected chi connectivity index (χ2v) is 8.17. The monoisotopic (exact) mass is 433 g/mol. The van der Waals surface area contributed by atoms with Crippen LogP contribution < -0.4 is 15.7 Å². The lowest BCUT2D eigenvalue weighted by Crippen LogP contribution is -2.29. The molecule has 6 nitrogen and oxygen atoms in total. The molecule has 0 aliphatic heterocycles. The van der Waals surface area contributed by atoms with Crippen molar-refractivity contribution in [2.45, 2.75) is 40.5 Å². The fraction of sp³-hybridized carbons (Fsp3) is 0.308. The van der Waals surface area contributed by atoms with Gasteiger partial charge >= 0.3 is 5.63 Å². The van der Waals surface area contributed by atoms with Crippen molar-refractivity contribution >= 4 is 27.8 Å². The fourth-order valence-corrected chi connectivity index (χ4v) is 4.20. The lowest BCUT2D eigenvalue weighted by atomic mass is 9.98. The van der Waals surface area contributed by atoms with E-state index in [4.69, 9.17) is 13.6 Å². The molecule has 6 heteroatoms. The van der Waals surface area contributed by atoms with Gasteiger partial charge in [-0.15, -0.1) is 0 Å². The highest BCUT2D eigenvalue weighted by Gasteiger charge is 2.21. The molecule has 0 saturated heterocycles. The maximum atomic E-state index is 12.7. The fourth-order valence-electron chi connectivity index (χ4n) is 4.20. The zero-order valence-electron chi connectivity index (χ0n) is 19.0. The number of fused-ring (bicyclic) bond motifs is 3. The third kappa shape index (κ3) is 3.88. The van der Waals surface area contributed by atoms with E-state index >= 15 is 0 Å². The van der Waals surface area contributed by atoms with E-state index in [2.05, 4.69) is 5.32 Å². The Bertz CT molecular complexity index is 1380. The number of furan rings is 1. The second-order valence-electron chi connectivity index (χ2n) is 8.17. The molecule has 0 radical (unpaired) electrons. The van der Waals surface area contributed by atoms with Crippen LogP contribution in [0.5, 0.6) is 5.75 Å². The first-order valence-electron chi connectivity index (χ1n) is 10.7. The van der Waals surface area contributed by atoms with Gasteiger partial charge in [-0.3, -0.25) is 4.79 Å². The van der Waals surface area contributed by atoms with Crippen LogP contribution in [0.4, 0.5) is 0 Å². The summed E-state index contributed by atoms with van der Waals surface area (Å²) >= 11 is 0. The van der Waals surface area contributed by atoms with E-state index in [1.807, 2.05) is 58.0 Å². The summed E-state index contributed by atoms with van der Waals surface area (Å²) in [6.07, 6.45) is 0.645. The highest BCUT2D eigenvalue weighted by atomic mass is 16.5. The van der Waals surface area contributed by atoms with Crippen molar-refractivity contribution < 1.29 is 18.4 Å². The molecular weight excluding hydrogens is 406 g/mol. The number of rotatable bonds is 6. The smallest absolute Gasteiger partial charge is 0.340 e. The number of ether oxygens (including phenoxy) is 1. The zero-order valence-corrected chi connectivity index (χ0v) is 19.0. The number of hydrogen-bond acceptors (Lipinski definition) is 5. The number of amides is 1. The van der Waals surface area contributed by atoms with Gasteiger partial charge in [-0.2, -0.15) is 0 Å². The summed E-state index contributed by atoms with van der Waals surface area (Å²) in [7, 11) is 1.63. The van der Waals surface area contributed by atoms with E-state index < -0.39 is 5.63 Å². The van der Waals surface area contributed by atoms with E-state index in [1.54, 1.807) is 7.11 Å². The molecule has 32 heavy (non-hydrogen) atoms. The number of carbonyl (C=O) groups is 1. The van der Waals surface area contributed by atoms with Crippen molar-refractivity contribution in [2.75, 3.05) is 13.7 Å². The highest BCUT2D eigenvalue weighted by molar-refractivity contribution is 6.07. The van der Waals surface area contributed by atoms with E-state index in [0.29, 0.717) is 29.7 Å². The van der Waals surface area contributed by atoms with Gasteiger partial charge in [0, 0.05) is 11.9 Å². The van der Waals surface area contributed by atoms with Crippen LogP contribution in [0.3, 0.4) is 0 Å². The largest absolute Gasteiger partial charge is 0.497 e. The Morgan fingerprint density at radius 1 is 1.00 bits per heavy atom. The molecular formula is C26H27NO5. The molecule has 166 valence electrons. The topological polar surface area (TPSA) is 81.7 Å². The molecule has 1 N–H and O–H groups in total. The molecule has 0 saturated carbocycles. The summed E-state index contributed by atoms with van der Waals surface area (Å²) in [5.41, 5.74) is 4.94. The summed E-state index contributed by atoms with van der Waals surface area (Å²) in [6.45, 7) is 8.24. The van der Waals surface area contributed by atoms with Crippen LogP contribution in [0, 0.1) is 27.7 Å². The van der Waals surface area contributed by atoms with Crippen molar-refractivity contribution in [1.29, 1.82) is 0 Å². The molecule has 0 aliphatic carbocycles. The number of aryl methyl sites for hydroxylation is 4. The van der Waals surface area contributed by atoms with Crippen molar-refractivity contribution in [2.24, 2.45) is 0 Å². The molecule has 0 atom stereocenters. The molecule has 0 aliphatic rings. The average Bonchev–Trinajstić information content (AvgIpc) is 3.06. The standard InChI is InChI=1S/C26H27NO5/c1-14-12-21-24(25-23(14)15(2)17(4)31-25)16(3)20(26(29)32-21)13-22(28)27-11-10-18-6-8-19(30-5)9-7-18/h6-9,12H,10-11,13H2,1-5H3,(H,27,28).